The Kier molecular flexibility index (Phi) is 8.32. The van der Waals surface area contributed by atoms with E-state index in [1.165, 1.54) is 29.5 Å². The zero-order valence-corrected chi connectivity index (χ0v) is 22.3. The number of aromatic nitrogens is 1. The van der Waals surface area contributed by atoms with E-state index >= 15 is 0 Å². The first-order valence-electron chi connectivity index (χ1n) is 12.4. The molecule has 1 aliphatic heterocycles. The zero-order valence-electron chi connectivity index (χ0n) is 20.7. The SMILES string of the molecule is O=C(c1csc(CN(Cc2ccc(F)cc2)Cc2ccc(Cl)cc2)n1)N1CCN(c2ccccc2F)CC1. The van der Waals surface area contributed by atoms with Crippen LogP contribution in [0.4, 0.5) is 14.5 Å². The van der Waals surface area contributed by atoms with E-state index in [-0.39, 0.29) is 17.5 Å². The Morgan fingerprint density at radius 2 is 1.50 bits per heavy atom. The molecule has 1 aliphatic rings. The lowest BCUT2D eigenvalue weighted by atomic mass is 10.1. The van der Waals surface area contributed by atoms with Crippen molar-refractivity contribution < 1.29 is 13.6 Å². The number of para-hydroxylation sites is 1. The maximum atomic E-state index is 14.2. The molecule has 5 rings (SSSR count). The number of rotatable bonds is 8. The second-order valence-corrected chi connectivity index (χ2v) is 10.6. The predicted molar refractivity (Wildman–Crippen MR) is 147 cm³/mol. The standard InChI is InChI=1S/C29H27ClF2N4OS/c30-23-9-5-21(6-10-23)17-34(18-22-7-11-24(31)12-8-22)19-28-33-26(20-38-28)29(37)36-15-13-35(14-16-36)27-4-2-1-3-25(27)32/h1-12,20H,13-19H2. The normalized spacial score (nSPS) is 13.8. The summed E-state index contributed by atoms with van der Waals surface area (Å²) >= 11 is 7.51. The van der Waals surface area contributed by atoms with Crippen molar-refractivity contribution in [3.63, 3.8) is 0 Å². The monoisotopic (exact) mass is 552 g/mol. The number of anilines is 1. The molecule has 1 aromatic heterocycles. The lowest BCUT2D eigenvalue weighted by Gasteiger charge is -2.35. The Labute approximate surface area is 229 Å². The lowest BCUT2D eigenvalue weighted by Crippen LogP contribution is -2.49. The summed E-state index contributed by atoms with van der Waals surface area (Å²) in [5.74, 6) is -0.625. The maximum Gasteiger partial charge on any atom is 0.273 e. The fourth-order valence-electron chi connectivity index (χ4n) is 4.56. The molecule has 1 saturated heterocycles. The van der Waals surface area contributed by atoms with Crippen LogP contribution in [0, 0.1) is 11.6 Å². The molecular formula is C29H27ClF2N4OS. The predicted octanol–water partition coefficient (Wildman–Crippen LogP) is 6.24. The van der Waals surface area contributed by atoms with Crippen LogP contribution in [-0.2, 0) is 19.6 Å². The molecule has 0 atom stereocenters. The molecule has 0 N–H and O–H groups in total. The second kappa shape index (κ2) is 12.0. The van der Waals surface area contributed by atoms with Crippen LogP contribution in [0.1, 0.15) is 26.6 Å². The highest BCUT2D eigenvalue weighted by atomic mass is 35.5. The summed E-state index contributed by atoms with van der Waals surface area (Å²) in [6.07, 6.45) is 0. The summed E-state index contributed by atoms with van der Waals surface area (Å²) in [6, 6.07) is 20.9. The summed E-state index contributed by atoms with van der Waals surface area (Å²) in [4.78, 5) is 23.8. The van der Waals surface area contributed by atoms with Crippen molar-refractivity contribution in [2.75, 3.05) is 31.1 Å². The van der Waals surface area contributed by atoms with Crippen LogP contribution in [0.3, 0.4) is 0 Å². The summed E-state index contributed by atoms with van der Waals surface area (Å²) in [5.41, 5.74) is 3.08. The highest BCUT2D eigenvalue weighted by molar-refractivity contribution is 7.09. The van der Waals surface area contributed by atoms with Gasteiger partial charge in [-0.1, -0.05) is 48.0 Å². The number of nitrogens with zero attached hydrogens (tertiary/aromatic N) is 4. The summed E-state index contributed by atoms with van der Waals surface area (Å²) in [7, 11) is 0. The lowest BCUT2D eigenvalue weighted by molar-refractivity contribution is 0.0741. The Morgan fingerprint density at radius 1 is 0.868 bits per heavy atom. The number of carbonyl (C=O) groups excluding carboxylic acids is 1. The van der Waals surface area contributed by atoms with Crippen molar-refractivity contribution >= 4 is 34.5 Å². The molecular weight excluding hydrogens is 526 g/mol. The van der Waals surface area contributed by atoms with Gasteiger partial charge in [-0.05, 0) is 47.5 Å². The van der Waals surface area contributed by atoms with Crippen LogP contribution < -0.4 is 4.90 Å². The van der Waals surface area contributed by atoms with E-state index in [0.717, 1.165) is 16.1 Å². The number of amides is 1. The molecule has 0 saturated carbocycles. The van der Waals surface area contributed by atoms with Crippen molar-refractivity contribution in [1.29, 1.82) is 0 Å². The fraction of sp³-hybridized carbons (Fsp3) is 0.241. The van der Waals surface area contributed by atoms with Crippen molar-refractivity contribution in [3.05, 3.63) is 117 Å². The van der Waals surface area contributed by atoms with Crippen LogP contribution in [0.15, 0.2) is 78.2 Å². The quantitative estimate of drug-likeness (QED) is 0.259. The molecule has 196 valence electrons. The average Bonchev–Trinajstić information content (AvgIpc) is 3.40. The number of hydrogen-bond acceptors (Lipinski definition) is 5. The summed E-state index contributed by atoms with van der Waals surface area (Å²) < 4.78 is 27.6. The smallest absolute Gasteiger partial charge is 0.273 e. The van der Waals surface area contributed by atoms with Crippen LogP contribution >= 0.6 is 22.9 Å². The van der Waals surface area contributed by atoms with Crippen LogP contribution in [0.25, 0.3) is 0 Å². The molecule has 0 spiro atoms. The minimum atomic E-state index is -0.268. The molecule has 5 nitrogen and oxygen atoms in total. The molecule has 1 fully saturated rings. The van der Waals surface area contributed by atoms with E-state index < -0.39 is 0 Å². The van der Waals surface area contributed by atoms with Gasteiger partial charge in [0.2, 0.25) is 0 Å². The molecule has 0 aliphatic carbocycles. The van der Waals surface area contributed by atoms with Gasteiger partial charge in [-0.15, -0.1) is 11.3 Å². The van der Waals surface area contributed by atoms with Gasteiger partial charge in [-0.2, -0.15) is 0 Å². The number of benzene rings is 3. The minimum Gasteiger partial charge on any atom is -0.366 e. The van der Waals surface area contributed by atoms with E-state index in [2.05, 4.69) is 9.88 Å². The van der Waals surface area contributed by atoms with Crippen LogP contribution in [0.5, 0.6) is 0 Å². The Morgan fingerprint density at radius 3 is 2.16 bits per heavy atom. The first-order valence-corrected chi connectivity index (χ1v) is 13.6. The molecule has 2 heterocycles. The van der Waals surface area contributed by atoms with Crippen molar-refractivity contribution in [1.82, 2.24) is 14.8 Å². The molecule has 0 bridgehead atoms. The molecule has 4 aromatic rings. The largest absolute Gasteiger partial charge is 0.366 e. The molecule has 0 unspecified atom stereocenters. The highest BCUT2D eigenvalue weighted by Gasteiger charge is 2.25. The Balaban J connectivity index is 1.24. The number of hydrogen-bond donors (Lipinski definition) is 0. The van der Waals surface area contributed by atoms with Gasteiger partial charge in [0.1, 0.15) is 22.3 Å². The van der Waals surface area contributed by atoms with Crippen molar-refractivity contribution in [3.8, 4) is 0 Å². The molecule has 38 heavy (non-hydrogen) atoms. The topological polar surface area (TPSA) is 39.7 Å². The molecule has 1 amide bonds. The number of thiazole rings is 1. The van der Waals surface area contributed by atoms with E-state index in [1.807, 2.05) is 35.2 Å². The number of piperazine rings is 1. The first-order chi connectivity index (χ1) is 18.4. The molecule has 9 heteroatoms. The fourth-order valence-corrected chi connectivity index (χ4v) is 5.49. The van der Waals surface area contributed by atoms with Gasteiger partial charge in [0, 0.05) is 49.7 Å². The van der Waals surface area contributed by atoms with Gasteiger partial charge >= 0.3 is 0 Å². The van der Waals surface area contributed by atoms with Gasteiger partial charge in [0.15, 0.2) is 0 Å². The van der Waals surface area contributed by atoms with Gasteiger partial charge in [-0.3, -0.25) is 9.69 Å². The molecule has 0 radical (unpaired) electrons. The van der Waals surface area contributed by atoms with Gasteiger partial charge < -0.3 is 9.80 Å². The third kappa shape index (κ3) is 6.56. The van der Waals surface area contributed by atoms with E-state index in [0.29, 0.717) is 62.2 Å². The van der Waals surface area contributed by atoms with Crippen molar-refractivity contribution in [2.45, 2.75) is 19.6 Å². The summed E-state index contributed by atoms with van der Waals surface area (Å²) in [6.45, 7) is 3.94. The van der Waals surface area contributed by atoms with Crippen molar-refractivity contribution in [2.24, 2.45) is 0 Å². The third-order valence-corrected chi connectivity index (χ3v) is 7.61. The van der Waals surface area contributed by atoms with E-state index in [9.17, 15) is 13.6 Å². The average molecular weight is 553 g/mol. The third-order valence-electron chi connectivity index (χ3n) is 6.53. The van der Waals surface area contributed by atoms with E-state index in [4.69, 9.17) is 11.6 Å². The minimum absolute atomic E-state index is 0.108. The Bertz CT molecular complexity index is 1320. The highest BCUT2D eigenvalue weighted by Crippen LogP contribution is 2.22. The number of carbonyl (C=O) groups is 1. The van der Waals surface area contributed by atoms with Gasteiger partial charge in [-0.25, -0.2) is 13.8 Å². The zero-order chi connectivity index (χ0) is 26.5. The van der Waals surface area contributed by atoms with Crippen LogP contribution in [-0.4, -0.2) is 46.9 Å². The summed E-state index contributed by atoms with van der Waals surface area (Å²) in [5, 5.41) is 3.31. The van der Waals surface area contributed by atoms with Gasteiger partial charge in [0.25, 0.3) is 5.91 Å². The number of halogens is 3. The molecule has 3 aromatic carbocycles. The van der Waals surface area contributed by atoms with E-state index in [1.54, 1.807) is 34.5 Å². The second-order valence-electron chi connectivity index (χ2n) is 9.26. The maximum absolute atomic E-state index is 14.2. The first kappa shape index (κ1) is 26.3. The van der Waals surface area contributed by atoms with Gasteiger partial charge in [0.05, 0.1) is 12.2 Å². The Hall–Kier alpha value is -3.33. The van der Waals surface area contributed by atoms with Crippen LogP contribution in [0.2, 0.25) is 5.02 Å².